The van der Waals surface area contributed by atoms with Crippen LogP contribution in [0.2, 0.25) is 0 Å². The summed E-state index contributed by atoms with van der Waals surface area (Å²) in [5, 5.41) is 7.76. The second kappa shape index (κ2) is 6.55. The van der Waals surface area contributed by atoms with Crippen molar-refractivity contribution in [1.82, 2.24) is 14.8 Å². The third-order valence-electron chi connectivity index (χ3n) is 4.48. The summed E-state index contributed by atoms with van der Waals surface area (Å²) in [5.41, 5.74) is 2.18. The van der Waals surface area contributed by atoms with Gasteiger partial charge in [-0.15, -0.1) is 0 Å². The highest BCUT2D eigenvalue weighted by atomic mass is 19.1. The zero-order chi connectivity index (χ0) is 17.2. The molecule has 2 aromatic carbocycles. The molecule has 0 radical (unpaired) electrons. The van der Waals surface area contributed by atoms with Gasteiger partial charge in [0.05, 0.1) is 18.7 Å². The summed E-state index contributed by atoms with van der Waals surface area (Å²) < 4.78 is 20.6. The zero-order valence-corrected chi connectivity index (χ0v) is 13.9. The minimum absolute atomic E-state index is 0.0101. The van der Waals surface area contributed by atoms with Crippen LogP contribution in [0.4, 0.5) is 10.3 Å². The van der Waals surface area contributed by atoms with Crippen molar-refractivity contribution in [2.75, 3.05) is 11.9 Å². The standard InChI is InChI=1S/C19H19FN4O/c1-2-25-16-9-5-13(6-10-16)17-11-18(14-3-7-15(20)8-4-14)24-19(23-17)21-12-22-24/h3-10,12,17-18H,2,11H2,1H3,(H,21,22,23)/t17-,18-/m0/s1. The van der Waals surface area contributed by atoms with E-state index in [0.717, 1.165) is 29.2 Å². The molecule has 1 N–H and O–H groups in total. The first-order valence-electron chi connectivity index (χ1n) is 8.39. The van der Waals surface area contributed by atoms with Crippen molar-refractivity contribution in [2.24, 2.45) is 0 Å². The van der Waals surface area contributed by atoms with Crippen LogP contribution in [-0.2, 0) is 0 Å². The van der Waals surface area contributed by atoms with Crippen LogP contribution in [0.1, 0.15) is 36.6 Å². The molecule has 1 aromatic heterocycles. The van der Waals surface area contributed by atoms with Gasteiger partial charge in [-0.2, -0.15) is 10.1 Å². The quantitative estimate of drug-likeness (QED) is 0.782. The lowest BCUT2D eigenvalue weighted by atomic mass is 9.93. The number of fused-ring (bicyclic) bond motifs is 1. The Morgan fingerprint density at radius 1 is 1.12 bits per heavy atom. The number of hydrogen-bond donors (Lipinski definition) is 1. The first-order valence-corrected chi connectivity index (χ1v) is 8.39. The highest BCUT2D eigenvalue weighted by molar-refractivity contribution is 5.39. The van der Waals surface area contributed by atoms with E-state index in [-0.39, 0.29) is 17.9 Å². The van der Waals surface area contributed by atoms with Gasteiger partial charge in [0.25, 0.3) is 0 Å². The van der Waals surface area contributed by atoms with E-state index in [2.05, 4.69) is 27.5 Å². The number of nitrogens with one attached hydrogen (secondary N) is 1. The van der Waals surface area contributed by atoms with Crippen LogP contribution < -0.4 is 10.1 Å². The Morgan fingerprint density at radius 3 is 2.56 bits per heavy atom. The van der Waals surface area contributed by atoms with Gasteiger partial charge in [0.1, 0.15) is 17.9 Å². The van der Waals surface area contributed by atoms with Gasteiger partial charge in [-0.05, 0) is 48.7 Å². The van der Waals surface area contributed by atoms with E-state index in [1.807, 2.05) is 35.9 Å². The van der Waals surface area contributed by atoms with E-state index in [0.29, 0.717) is 6.61 Å². The largest absolute Gasteiger partial charge is 0.494 e. The fourth-order valence-electron chi connectivity index (χ4n) is 3.26. The van der Waals surface area contributed by atoms with E-state index in [1.165, 1.54) is 12.1 Å². The lowest BCUT2D eigenvalue weighted by molar-refractivity contribution is 0.340. The number of nitrogens with zero attached hydrogens (tertiary/aromatic N) is 3. The third-order valence-corrected chi connectivity index (χ3v) is 4.48. The van der Waals surface area contributed by atoms with E-state index in [9.17, 15) is 4.39 Å². The molecule has 0 saturated heterocycles. The molecule has 2 heterocycles. The van der Waals surface area contributed by atoms with Crippen LogP contribution in [0.5, 0.6) is 5.75 Å². The molecule has 0 aliphatic carbocycles. The normalized spacial score (nSPS) is 19.1. The van der Waals surface area contributed by atoms with Crippen LogP contribution in [0.25, 0.3) is 0 Å². The van der Waals surface area contributed by atoms with Gasteiger partial charge in [-0.1, -0.05) is 24.3 Å². The van der Waals surface area contributed by atoms with Gasteiger partial charge in [0.15, 0.2) is 0 Å². The maximum Gasteiger partial charge on any atom is 0.222 e. The second-order valence-electron chi connectivity index (χ2n) is 6.03. The molecule has 1 aliphatic heterocycles. The summed E-state index contributed by atoms with van der Waals surface area (Å²) >= 11 is 0. The summed E-state index contributed by atoms with van der Waals surface area (Å²) in [5.74, 6) is 1.35. The van der Waals surface area contributed by atoms with Crippen molar-refractivity contribution in [2.45, 2.75) is 25.4 Å². The Labute approximate surface area is 145 Å². The maximum absolute atomic E-state index is 13.3. The molecule has 0 saturated carbocycles. The topological polar surface area (TPSA) is 52.0 Å². The Bertz CT molecular complexity index is 845. The van der Waals surface area contributed by atoms with E-state index in [1.54, 1.807) is 6.33 Å². The fourth-order valence-corrected chi connectivity index (χ4v) is 3.26. The number of benzene rings is 2. The van der Waals surface area contributed by atoms with Crippen molar-refractivity contribution in [3.63, 3.8) is 0 Å². The summed E-state index contributed by atoms with van der Waals surface area (Å²) in [6.45, 7) is 2.62. The molecular weight excluding hydrogens is 319 g/mol. The molecule has 5 nitrogen and oxygen atoms in total. The monoisotopic (exact) mass is 338 g/mol. The molecule has 1 aliphatic rings. The summed E-state index contributed by atoms with van der Waals surface area (Å²) in [7, 11) is 0. The van der Waals surface area contributed by atoms with Crippen LogP contribution in [0, 0.1) is 5.82 Å². The molecule has 6 heteroatoms. The number of rotatable bonds is 4. The summed E-state index contributed by atoms with van der Waals surface area (Å²) in [6.07, 6.45) is 2.34. The zero-order valence-electron chi connectivity index (χ0n) is 13.9. The molecule has 2 atom stereocenters. The van der Waals surface area contributed by atoms with Crippen LogP contribution in [-0.4, -0.2) is 21.4 Å². The van der Waals surface area contributed by atoms with Crippen LogP contribution in [0.15, 0.2) is 54.9 Å². The Kier molecular flexibility index (Phi) is 4.09. The molecule has 0 fully saturated rings. The van der Waals surface area contributed by atoms with Crippen LogP contribution in [0.3, 0.4) is 0 Å². The average Bonchev–Trinajstić information content (AvgIpc) is 3.11. The molecule has 4 rings (SSSR count). The number of halogens is 1. The molecule has 0 unspecified atom stereocenters. The maximum atomic E-state index is 13.3. The number of aromatic nitrogens is 3. The fraction of sp³-hybridized carbons (Fsp3) is 0.263. The molecule has 3 aromatic rings. The Balaban J connectivity index is 1.64. The minimum atomic E-state index is -0.237. The smallest absolute Gasteiger partial charge is 0.222 e. The first kappa shape index (κ1) is 15.6. The highest BCUT2D eigenvalue weighted by Gasteiger charge is 2.29. The highest BCUT2D eigenvalue weighted by Crippen LogP contribution is 2.37. The third kappa shape index (κ3) is 3.07. The molecular formula is C19H19FN4O. The van der Waals surface area contributed by atoms with Crippen molar-refractivity contribution >= 4 is 5.95 Å². The first-order chi connectivity index (χ1) is 12.2. The van der Waals surface area contributed by atoms with E-state index >= 15 is 0 Å². The summed E-state index contributed by atoms with van der Waals surface area (Å²) in [6, 6.07) is 14.8. The lowest BCUT2D eigenvalue weighted by Gasteiger charge is -2.31. The molecule has 0 spiro atoms. The number of ether oxygens (including phenoxy) is 1. The van der Waals surface area contributed by atoms with Gasteiger partial charge in [0.2, 0.25) is 5.95 Å². The molecule has 0 amide bonds. The van der Waals surface area contributed by atoms with Crippen molar-refractivity contribution in [1.29, 1.82) is 0 Å². The predicted molar refractivity (Wildman–Crippen MR) is 93.2 cm³/mol. The van der Waals surface area contributed by atoms with Crippen molar-refractivity contribution < 1.29 is 9.13 Å². The second-order valence-corrected chi connectivity index (χ2v) is 6.03. The SMILES string of the molecule is CCOc1ccc([C@@H]2C[C@@H](c3ccc(F)cc3)n3ncnc3N2)cc1. The number of anilines is 1. The van der Waals surface area contributed by atoms with Gasteiger partial charge in [-0.3, -0.25) is 0 Å². The number of hydrogen-bond acceptors (Lipinski definition) is 4. The van der Waals surface area contributed by atoms with E-state index in [4.69, 9.17) is 4.74 Å². The van der Waals surface area contributed by atoms with Gasteiger partial charge >= 0.3 is 0 Å². The molecule has 25 heavy (non-hydrogen) atoms. The van der Waals surface area contributed by atoms with Crippen LogP contribution >= 0.6 is 0 Å². The Morgan fingerprint density at radius 2 is 1.84 bits per heavy atom. The summed E-state index contributed by atoms with van der Waals surface area (Å²) in [4.78, 5) is 4.31. The van der Waals surface area contributed by atoms with Gasteiger partial charge < -0.3 is 10.1 Å². The molecule has 128 valence electrons. The van der Waals surface area contributed by atoms with Gasteiger partial charge in [0, 0.05) is 0 Å². The lowest BCUT2D eigenvalue weighted by Crippen LogP contribution is -2.28. The van der Waals surface area contributed by atoms with Crippen molar-refractivity contribution in [3.8, 4) is 5.75 Å². The van der Waals surface area contributed by atoms with Gasteiger partial charge in [-0.25, -0.2) is 9.07 Å². The Hall–Kier alpha value is -2.89. The van der Waals surface area contributed by atoms with Crippen molar-refractivity contribution in [3.05, 3.63) is 71.8 Å². The average molecular weight is 338 g/mol. The predicted octanol–water partition coefficient (Wildman–Crippen LogP) is 3.96. The minimum Gasteiger partial charge on any atom is -0.494 e. The van der Waals surface area contributed by atoms with E-state index < -0.39 is 0 Å². The molecule has 0 bridgehead atoms.